The van der Waals surface area contributed by atoms with Gasteiger partial charge in [-0.1, -0.05) is 90.1 Å². The van der Waals surface area contributed by atoms with E-state index in [0.29, 0.717) is 0 Å². The van der Waals surface area contributed by atoms with Gasteiger partial charge in [0.05, 0.1) is 0 Å². The smallest absolute Gasteiger partial charge is 0.407 e. The normalized spacial score (nSPS) is 15.0. The summed E-state index contributed by atoms with van der Waals surface area (Å²) < 4.78 is 5.59. The Morgan fingerprint density at radius 3 is 1.74 bits per heavy atom. The van der Waals surface area contributed by atoms with Crippen molar-refractivity contribution >= 4 is 18.0 Å². The van der Waals surface area contributed by atoms with Crippen LogP contribution < -0.4 is 10.6 Å². The van der Waals surface area contributed by atoms with Crippen LogP contribution in [0.3, 0.4) is 0 Å². The summed E-state index contributed by atoms with van der Waals surface area (Å²) in [6.45, 7) is 10.7. The summed E-state index contributed by atoms with van der Waals surface area (Å²) in [5.41, 5.74) is 3.07. The number of aliphatic carboxylic acids is 1. The van der Waals surface area contributed by atoms with Crippen molar-refractivity contribution in [2.45, 2.75) is 59.5 Å². The van der Waals surface area contributed by atoms with E-state index in [2.05, 4.69) is 22.8 Å². The third kappa shape index (κ3) is 5.41. The second-order valence-corrected chi connectivity index (χ2v) is 10.9. The second kappa shape index (κ2) is 9.49. The molecule has 0 saturated carbocycles. The van der Waals surface area contributed by atoms with Gasteiger partial charge in [0.15, 0.2) is 0 Å². The monoisotopic (exact) mass is 466 g/mol. The third-order valence-electron chi connectivity index (χ3n) is 6.13. The molecule has 3 N–H and O–H groups in total. The SMILES string of the molecule is CC(C)(C)[C@H](NC(=O)[C@@H](NC(=O)OCC1c2ccccc2-c2ccccc21)C(C)(C)C)C(=O)O. The molecule has 0 aromatic heterocycles. The maximum atomic E-state index is 13.0. The Morgan fingerprint density at radius 1 is 0.824 bits per heavy atom. The van der Waals surface area contributed by atoms with Gasteiger partial charge >= 0.3 is 12.1 Å². The van der Waals surface area contributed by atoms with E-state index < -0.39 is 40.9 Å². The Kier molecular flexibility index (Phi) is 7.05. The first-order chi connectivity index (χ1) is 15.8. The van der Waals surface area contributed by atoms with E-state index in [4.69, 9.17) is 4.74 Å². The average molecular weight is 467 g/mol. The van der Waals surface area contributed by atoms with Gasteiger partial charge in [-0.05, 0) is 33.1 Å². The Balaban J connectivity index is 1.72. The molecule has 0 unspecified atom stereocenters. The molecule has 0 bridgehead atoms. The fourth-order valence-electron chi connectivity index (χ4n) is 4.31. The summed E-state index contributed by atoms with van der Waals surface area (Å²) >= 11 is 0. The lowest BCUT2D eigenvalue weighted by atomic mass is 9.83. The lowest BCUT2D eigenvalue weighted by Crippen LogP contribution is -2.59. The number of ether oxygens (including phenoxy) is 1. The fraction of sp³-hybridized carbons (Fsp3) is 0.444. The van der Waals surface area contributed by atoms with Crippen LogP contribution in [-0.2, 0) is 14.3 Å². The average Bonchev–Trinajstić information content (AvgIpc) is 3.06. The van der Waals surface area contributed by atoms with Crippen molar-refractivity contribution in [1.82, 2.24) is 10.6 Å². The summed E-state index contributed by atoms with van der Waals surface area (Å²) in [6, 6.07) is 14.0. The van der Waals surface area contributed by atoms with Crippen LogP contribution in [0.25, 0.3) is 11.1 Å². The molecule has 34 heavy (non-hydrogen) atoms. The number of carbonyl (C=O) groups excluding carboxylic acids is 2. The number of amides is 2. The van der Waals surface area contributed by atoms with E-state index in [1.54, 1.807) is 41.5 Å². The number of carbonyl (C=O) groups is 3. The van der Waals surface area contributed by atoms with Gasteiger partial charge in [-0.3, -0.25) is 4.79 Å². The van der Waals surface area contributed by atoms with Gasteiger partial charge < -0.3 is 20.5 Å². The van der Waals surface area contributed by atoms with Crippen LogP contribution in [0.5, 0.6) is 0 Å². The van der Waals surface area contributed by atoms with Gasteiger partial charge in [0.25, 0.3) is 0 Å². The number of benzene rings is 2. The minimum Gasteiger partial charge on any atom is -0.480 e. The molecule has 0 spiro atoms. The van der Waals surface area contributed by atoms with Crippen molar-refractivity contribution in [3.63, 3.8) is 0 Å². The number of carboxylic acid groups (broad SMARTS) is 1. The summed E-state index contributed by atoms with van der Waals surface area (Å²) in [5, 5.41) is 14.8. The molecule has 1 aliphatic carbocycles. The van der Waals surface area contributed by atoms with Crippen molar-refractivity contribution in [2.24, 2.45) is 10.8 Å². The highest BCUT2D eigenvalue weighted by molar-refractivity contribution is 5.90. The van der Waals surface area contributed by atoms with Crippen molar-refractivity contribution in [1.29, 1.82) is 0 Å². The maximum absolute atomic E-state index is 13.0. The van der Waals surface area contributed by atoms with Gasteiger partial charge in [0, 0.05) is 5.92 Å². The van der Waals surface area contributed by atoms with E-state index in [0.717, 1.165) is 22.3 Å². The topological polar surface area (TPSA) is 105 Å². The zero-order valence-corrected chi connectivity index (χ0v) is 20.6. The summed E-state index contributed by atoms with van der Waals surface area (Å²) in [4.78, 5) is 37.5. The standard InChI is InChI=1S/C27H34N2O5/c1-26(2,3)21(23(30)28-22(24(31)32)27(4,5)6)29-25(33)34-15-20-18-13-9-7-11-16(18)17-12-8-10-14-19(17)20/h7-14,20-22H,15H2,1-6H3,(H,28,30)(H,29,33)(H,31,32)/t21-,22-/m1/s1. The van der Waals surface area contributed by atoms with Crippen molar-refractivity contribution in [3.8, 4) is 11.1 Å². The highest BCUT2D eigenvalue weighted by Crippen LogP contribution is 2.44. The van der Waals surface area contributed by atoms with E-state index in [1.807, 2.05) is 36.4 Å². The number of hydrogen-bond acceptors (Lipinski definition) is 4. The Labute approximate surface area is 200 Å². The van der Waals surface area contributed by atoms with Crippen LogP contribution >= 0.6 is 0 Å². The van der Waals surface area contributed by atoms with Crippen LogP contribution in [0, 0.1) is 10.8 Å². The molecular formula is C27H34N2O5. The quantitative estimate of drug-likeness (QED) is 0.579. The first kappa shape index (κ1) is 25.3. The molecule has 7 heteroatoms. The minimum absolute atomic E-state index is 0.0997. The molecule has 0 aliphatic heterocycles. The number of fused-ring (bicyclic) bond motifs is 3. The number of alkyl carbamates (subject to hydrolysis) is 1. The molecule has 2 atom stereocenters. The lowest BCUT2D eigenvalue weighted by molar-refractivity contribution is -0.145. The van der Waals surface area contributed by atoms with Gasteiger partial charge in [-0.15, -0.1) is 0 Å². The van der Waals surface area contributed by atoms with Crippen LogP contribution in [0.2, 0.25) is 0 Å². The predicted octanol–water partition coefficient (Wildman–Crippen LogP) is 4.56. The maximum Gasteiger partial charge on any atom is 0.407 e. The minimum atomic E-state index is -1.13. The molecule has 1 aliphatic rings. The van der Waals surface area contributed by atoms with E-state index in [-0.39, 0.29) is 12.5 Å². The van der Waals surface area contributed by atoms with Crippen LogP contribution in [0.15, 0.2) is 48.5 Å². The number of carboxylic acids is 1. The zero-order valence-electron chi connectivity index (χ0n) is 20.6. The largest absolute Gasteiger partial charge is 0.480 e. The molecule has 2 aromatic carbocycles. The molecule has 2 amide bonds. The highest BCUT2D eigenvalue weighted by Gasteiger charge is 2.39. The molecule has 0 radical (unpaired) electrons. The Hall–Kier alpha value is -3.35. The van der Waals surface area contributed by atoms with E-state index >= 15 is 0 Å². The predicted molar refractivity (Wildman–Crippen MR) is 130 cm³/mol. The van der Waals surface area contributed by atoms with Gasteiger partial charge in [-0.25, -0.2) is 9.59 Å². The lowest BCUT2D eigenvalue weighted by Gasteiger charge is -2.34. The fourth-order valence-corrected chi connectivity index (χ4v) is 4.31. The van der Waals surface area contributed by atoms with Gasteiger partial charge in [-0.2, -0.15) is 0 Å². The third-order valence-corrected chi connectivity index (χ3v) is 6.13. The first-order valence-electron chi connectivity index (χ1n) is 11.5. The van der Waals surface area contributed by atoms with Gasteiger partial charge in [0.1, 0.15) is 18.7 Å². The molecule has 7 nitrogen and oxygen atoms in total. The van der Waals surface area contributed by atoms with Crippen LogP contribution in [-0.4, -0.2) is 41.8 Å². The molecular weight excluding hydrogens is 432 g/mol. The number of nitrogens with one attached hydrogen (secondary N) is 2. The summed E-state index contributed by atoms with van der Waals surface area (Å²) in [6.07, 6.45) is -0.723. The zero-order chi connectivity index (χ0) is 25.3. The van der Waals surface area contributed by atoms with Crippen molar-refractivity contribution in [2.75, 3.05) is 6.61 Å². The Bertz CT molecular complexity index is 1040. The van der Waals surface area contributed by atoms with Crippen LogP contribution in [0.4, 0.5) is 4.79 Å². The Morgan fingerprint density at radius 2 is 1.29 bits per heavy atom. The molecule has 0 saturated heterocycles. The molecule has 182 valence electrons. The van der Waals surface area contributed by atoms with E-state index in [1.165, 1.54) is 0 Å². The van der Waals surface area contributed by atoms with Crippen LogP contribution in [0.1, 0.15) is 58.6 Å². The highest BCUT2D eigenvalue weighted by atomic mass is 16.5. The summed E-state index contributed by atoms with van der Waals surface area (Å²) in [5.74, 6) is -1.80. The molecule has 0 fully saturated rings. The van der Waals surface area contributed by atoms with Crippen molar-refractivity contribution in [3.05, 3.63) is 59.7 Å². The number of hydrogen-bond donors (Lipinski definition) is 3. The van der Waals surface area contributed by atoms with Crippen molar-refractivity contribution < 1.29 is 24.2 Å². The molecule has 3 rings (SSSR count). The summed E-state index contributed by atoms with van der Waals surface area (Å²) in [7, 11) is 0. The van der Waals surface area contributed by atoms with Gasteiger partial charge in [0.2, 0.25) is 5.91 Å². The van der Waals surface area contributed by atoms with E-state index in [9.17, 15) is 19.5 Å². The molecule has 0 heterocycles. The second-order valence-electron chi connectivity index (χ2n) is 10.9. The molecule has 2 aromatic rings. The number of rotatable bonds is 6. The first-order valence-corrected chi connectivity index (χ1v) is 11.5.